The Morgan fingerprint density at radius 2 is 1.71 bits per heavy atom. The highest BCUT2D eigenvalue weighted by molar-refractivity contribution is 7.19. The molecule has 0 spiro atoms. The number of halogens is 4. The number of thiophene rings is 1. The van der Waals surface area contributed by atoms with Gasteiger partial charge >= 0.3 is 6.18 Å². The Morgan fingerprint density at radius 1 is 1.11 bits per heavy atom. The van der Waals surface area contributed by atoms with E-state index in [1.54, 1.807) is 24.3 Å². The van der Waals surface area contributed by atoms with Crippen LogP contribution >= 0.6 is 22.9 Å². The van der Waals surface area contributed by atoms with E-state index in [0.717, 1.165) is 23.5 Å². The summed E-state index contributed by atoms with van der Waals surface area (Å²) in [5.41, 5.74) is 5.93. The number of alkyl halides is 3. The SMILES string of the molecule is N#Cc1c(Nc2ccc(C(F)(F)F)cc2)sc(C(=O)c2ccc(Cl)cc2)c1N. The molecular formula is C19H11ClF3N3OS. The van der Waals surface area contributed by atoms with Crippen LogP contribution in [0.2, 0.25) is 5.02 Å². The molecule has 9 heteroatoms. The van der Waals surface area contributed by atoms with Crippen LogP contribution in [0.15, 0.2) is 48.5 Å². The number of nitrogens with zero attached hydrogens (tertiary/aromatic N) is 1. The van der Waals surface area contributed by atoms with E-state index >= 15 is 0 Å². The zero-order valence-corrected chi connectivity index (χ0v) is 15.5. The van der Waals surface area contributed by atoms with Crippen molar-refractivity contribution in [3.63, 3.8) is 0 Å². The molecule has 28 heavy (non-hydrogen) atoms. The molecule has 0 saturated heterocycles. The van der Waals surface area contributed by atoms with Gasteiger partial charge in [0.1, 0.15) is 21.5 Å². The average Bonchev–Trinajstić information content (AvgIpc) is 2.96. The number of hydrogen-bond acceptors (Lipinski definition) is 5. The summed E-state index contributed by atoms with van der Waals surface area (Å²) in [6.07, 6.45) is -4.44. The Hall–Kier alpha value is -3.02. The van der Waals surface area contributed by atoms with E-state index < -0.39 is 11.7 Å². The van der Waals surface area contributed by atoms with Gasteiger partial charge in [0, 0.05) is 16.3 Å². The molecule has 0 aliphatic rings. The minimum absolute atomic E-state index is 0.0156. The summed E-state index contributed by atoms with van der Waals surface area (Å²) in [7, 11) is 0. The number of carbonyl (C=O) groups is 1. The van der Waals surface area contributed by atoms with E-state index in [-0.39, 0.29) is 26.9 Å². The molecule has 0 atom stereocenters. The van der Waals surface area contributed by atoms with Crippen molar-refractivity contribution in [3.05, 3.63) is 75.1 Å². The predicted molar refractivity (Wildman–Crippen MR) is 103 cm³/mol. The van der Waals surface area contributed by atoms with Crippen molar-refractivity contribution >= 4 is 45.1 Å². The summed E-state index contributed by atoms with van der Waals surface area (Å²) < 4.78 is 38.0. The molecule has 4 nitrogen and oxygen atoms in total. The molecule has 3 rings (SSSR count). The van der Waals surface area contributed by atoms with E-state index in [0.29, 0.717) is 16.3 Å². The normalized spacial score (nSPS) is 11.1. The maximum Gasteiger partial charge on any atom is 0.416 e. The number of nitrogens with one attached hydrogen (secondary N) is 1. The van der Waals surface area contributed by atoms with Gasteiger partial charge in [-0.25, -0.2) is 0 Å². The van der Waals surface area contributed by atoms with Gasteiger partial charge < -0.3 is 11.1 Å². The molecule has 0 bridgehead atoms. The Labute approximate surface area is 167 Å². The second kappa shape index (κ2) is 7.54. The highest BCUT2D eigenvalue weighted by Gasteiger charge is 2.30. The van der Waals surface area contributed by atoms with E-state index in [2.05, 4.69) is 5.32 Å². The van der Waals surface area contributed by atoms with Crippen LogP contribution in [0.1, 0.15) is 26.4 Å². The lowest BCUT2D eigenvalue weighted by atomic mass is 10.1. The third kappa shape index (κ3) is 3.96. The van der Waals surface area contributed by atoms with E-state index in [1.165, 1.54) is 12.1 Å². The fourth-order valence-electron chi connectivity index (χ4n) is 2.42. The van der Waals surface area contributed by atoms with Crippen LogP contribution < -0.4 is 11.1 Å². The fourth-order valence-corrected chi connectivity index (χ4v) is 3.60. The average molecular weight is 422 g/mol. The largest absolute Gasteiger partial charge is 0.416 e. The van der Waals surface area contributed by atoms with Crippen molar-refractivity contribution in [1.29, 1.82) is 5.26 Å². The molecule has 1 heterocycles. The van der Waals surface area contributed by atoms with Crippen LogP contribution in [0, 0.1) is 11.3 Å². The second-order valence-electron chi connectivity index (χ2n) is 5.70. The maximum atomic E-state index is 12.7. The van der Waals surface area contributed by atoms with Gasteiger partial charge in [-0.15, -0.1) is 11.3 Å². The van der Waals surface area contributed by atoms with Gasteiger partial charge in [0.15, 0.2) is 0 Å². The molecule has 0 amide bonds. The topological polar surface area (TPSA) is 78.9 Å². The van der Waals surface area contributed by atoms with Crippen LogP contribution in [0.5, 0.6) is 0 Å². The Bertz CT molecular complexity index is 1070. The summed E-state index contributed by atoms with van der Waals surface area (Å²) in [5.74, 6) is -0.379. The smallest absolute Gasteiger partial charge is 0.396 e. The molecule has 0 radical (unpaired) electrons. The molecule has 2 aromatic carbocycles. The fraction of sp³-hybridized carbons (Fsp3) is 0.0526. The number of nitrogen functional groups attached to an aromatic ring is 1. The van der Waals surface area contributed by atoms with Gasteiger partial charge in [-0.2, -0.15) is 18.4 Å². The van der Waals surface area contributed by atoms with Crippen molar-refractivity contribution in [2.75, 3.05) is 11.1 Å². The molecule has 0 fully saturated rings. The van der Waals surface area contributed by atoms with Crippen molar-refractivity contribution in [1.82, 2.24) is 0 Å². The highest BCUT2D eigenvalue weighted by Crippen LogP contribution is 2.39. The molecule has 3 N–H and O–H groups in total. The third-order valence-corrected chi connectivity index (χ3v) is 5.21. The van der Waals surface area contributed by atoms with Gasteiger partial charge in [-0.1, -0.05) is 11.6 Å². The number of carbonyl (C=O) groups excluding carboxylic acids is 1. The Kier molecular flexibility index (Phi) is 5.31. The van der Waals surface area contributed by atoms with Crippen molar-refractivity contribution in [2.45, 2.75) is 6.18 Å². The number of benzene rings is 2. The van der Waals surface area contributed by atoms with Gasteiger partial charge in [-0.3, -0.25) is 4.79 Å². The quantitative estimate of drug-likeness (QED) is 0.518. The van der Waals surface area contributed by atoms with Crippen LogP contribution in [0.25, 0.3) is 0 Å². The summed E-state index contributed by atoms with van der Waals surface area (Å²) in [6.45, 7) is 0. The van der Waals surface area contributed by atoms with E-state index in [9.17, 15) is 23.2 Å². The summed E-state index contributed by atoms with van der Waals surface area (Å²) in [4.78, 5) is 12.9. The zero-order chi connectivity index (χ0) is 20.5. The lowest BCUT2D eigenvalue weighted by Crippen LogP contribution is -2.04. The maximum absolute atomic E-state index is 12.7. The lowest BCUT2D eigenvalue weighted by molar-refractivity contribution is -0.137. The first-order valence-corrected chi connectivity index (χ1v) is 8.97. The predicted octanol–water partition coefficient (Wildman–Crippen LogP) is 5.85. The summed E-state index contributed by atoms with van der Waals surface area (Å²) in [6, 6.07) is 12.4. The van der Waals surface area contributed by atoms with Crippen molar-refractivity contribution in [3.8, 4) is 6.07 Å². The first-order chi connectivity index (χ1) is 13.2. The van der Waals surface area contributed by atoms with Gasteiger partial charge in [0.25, 0.3) is 0 Å². The minimum atomic E-state index is -4.44. The number of rotatable bonds is 4. The molecule has 0 aliphatic heterocycles. The van der Waals surface area contributed by atoms with Gasteiger partial charge in [-0.05, 0) is 48.5 Å². The molecular weight excluding hydrogens is 411 g/mol. The minimum Gasteiger partial charge on any atom is -0.396 e. The van der Waals surface area contributed by atoms with Crippen LogP contribution in [-0.4, -0.2) is 5.78 Å². The third-order valence-electron chi connectivity index (χ3n) is 3.84. The molecule has 3 aromatic rings. The van der Waals surface area contributed by atoms with Crippen LogP contribution in [-0.2, 0) is 6.18 Å². The van der Waals surface area contributed by atoms with Gasteiger partial charge in [0.2, 0.25) is 5.78 Å². The first-order valence-electron chi connectivity index (χ1n) is 7.77. The van der Waals surface area contributed by atoms with Crippen LogP contribution in [0.3, 0.4) is 0 Å². The standard InChI is InChI=1S/C19H11ClF3N3OS/c20-12-5-1-10(2-6-12)16(27)17-15(25)14(9-24)18(28-17)26-13-7-3-11(4-8-13)19(21,22)23/h1-8,26H,25H2. The number of hydrogen-bond donors (Lipinski definition) is 2. The Morgan fingerprint density at radius 3 is 2.25 bits per heavy atom. The summed E-state index contributed by atoms with van der Waals surface area (Å²) >= 11 is 6.78. The van der Waals surface area contributed by atoms with Crippen molar-refractivity contribution in [2.24, 2.45) is 0 Å². The monoisotopic (exact) mass is 421 g/mol. The van der Waals surface area contributed by atoms with Crippen LogP contribution in [0.4, 0.5) is 29.5 Å². The Balaban J connectivity index is 1.92. The van der Waals surface area contributed by atoms with E-state index in [4.69, 9.17) is 17.3 Å². The number of nitrogens with two attached hydrogens (primary N) is 1. The summed E-state index contributed by atoms with van der Waals surface area (Å²) in [5, 5.41) is 13.0. The second-order valence-corrected chi connectivity index (χ2v) is 7.15. The highest BCUT2D eigenvalue weighted by atomic mass is 35.5. The number of anilines is 3. The molecule has 142 valence electrons. The molecule has 1 aromatic heterocycles. The number of nitriles is 1. The van der Waals surface area contributed by atoms with E-state index in [1.807, 2.05) is 6.07 Å². The lowest BCUT2D eigenvalue weighted by Gasteiger charge is -2.08. The first kappa shape index (κ1) is 19.7. The number of ketones is 1. The molecule has 0 saturated carbocycles. The zero-order valence-electron chi connectivity index (χ0n) is 14.0. The molecule has 0 unspecified atom stereocenters. The van der Waals surface area contributed by atoms with Crippen molar-refractivity contribution < 1.29 is 18.0 Å². The van der Waals surface area contributed by atoms with Gasteiger partial charge in [0.05, 0.1) is 11.3 Å². The molecule has 0 aliphatic carbocycles.